The first-order valence-electron chi connectivity index (χ1n) is 9.67. The van der Waals surface area contributed by atoms with Crippen LogP contribution in [0.15, 0.2) is 39.8 Å². The minimum absolute atomic E-state index is 0.0572. The van der Waals surface area contributed by atoms with Crippen LogP contribution in [-0.2, 0) is 10.0 Å². The Bertz CT molecular complexity index is 1100. The highest BCUT2D eigenvalue weighted by Crippen LogP contribution is 2.24. The van der Waals surface area contributed by atoms with E-state index in [4.69, 9.17) is 4.52 Å². The summed E-state index contributed by atoms with van der Waals surface area (Å²) in [5, 5.41) is 6.88. The first kappa shape index (κ1) is 21.6. The molecule has 3 aromatic rings. The molecule has 0 amide bonds. The van der Waals surface area contributed by atoms with Crippen LogP contribution in [0.3, 0.4) is 0 Å². The fraction of sp³-hybridized carbons (Fsp3) is 0.350. The van der Waals surface area contributed by atoms with E-state index in [1.165, 1.54) is 0 Å². The zero-order valence-electron chi connectivity index (χ0n) is 17.7. The molecule has 30 heavy (non-hydrogen) atoms. The van der Waals surface area contributed by atoms with Crippen molar-refractivity contribution >= 4 is 33.2 Å². The van der Waals surface area contributed by atoms with Crippen molar-refractivity contribution in [1.29, 1.82) is 0 Å². The van der Waals surface area contributed by atoms with Crippen LogP contribution in [0.5, 0.6) is 0 Å². The molecule has 0 aliphatic carbocycles. The third-order valence-electron chi connectivity index (χ3n) is 4.56. The molecule has 0 unspecified atom stereocenters. The number of hydrogen-bond acceptors (Lipinski definition) is 8. The molecule has 1 aromatic carbocycles. The van der Waals surface area contributed by atoms with Gasteiger partial charge in [0.2, 0.25) is 5.95 Å². The number of sulfonamides is 1. The Morgan fingerprint density at radius 2 is 1.63 bits per heavy atom. The smallest absolute Gasteiger partial charge is 0.267 e. The Kier molecular flexibility index (Phi) is 6.25. The van der Waals surface area contributed by atoms with E-state index >= 15 is 0 Å². The van der Waals surface area contributed by atoms with E-state index in [1.54, 1.807) is 38.1 Å². The van der Waals surface area contributed by atoms with Gasteiger partial charge in [-0.25, -0.2) is 13.4 Å². The van der Waals surface area contributed by atoms with Gasteiger partial charge in [0.1, 0.15) is 11.5 Å². The topological polar surface area (TPSA) is 113 Å². The summed E-state index contributed by atoms with van der Waals surface area (Å²) in [6, 6.07) is 8.80. The second-order valence-corrected chi connectivity index (χ2v) is 8.44. The van der Waals surface area contributed by atoms with Gasteiger partial charge in [-0.05, 0) is 58.9 Å². The highest BCUT2D eigenvalue weighted by Gasteiger charge is 2.24. The maximum Gasteiger partial charge on any atom is 0.267 e. The van der Waals surface area contributed by atoms with Crippen LogP contribution in [0.4, 0.5) is 23.1 Å². The average molecular weight is 431 g/mol. The summed E-state index contributed by atoms with van der Waals surface area (Å²) in [6.45, 7) is 10.9. The number of anilines is 4. The second kappa shape index (κ2) is 8.70. The highest BCUT2D eigenvalue weighted by atomic mass is 32.2. The largest absolute Gasteiger partial charge is 0.360 e. The highest BCUT2D eigenvalue weighted by molar-refractivity contribution is 7.92. The molecular formula is C20H26N6O3S. The third-order valence-corrected chi connectivity index (χ3v) is 6.18. The van der Waals surface area contributed by atoms with Gasteiger partial charge in [0.25, 0.3) is 10.0 Å². The zero-order valence-corrected chi connectivity index (χ0v) is 18.5. The summed E-state index contributed by atoms with van der Waals surface area (Å²) in [7, 11) is -3.79. The SMILES string of the molecule is CCN(CC)c1cc(C)nc(Nc2ccc(NS(=O)(=O)c3c(C)noc3C)cc2)n1. The molecule has 0 spiro atoms. The maximum absolute atomic E-state index is 12.6. The van der Waals surface area contributed by atoms with Gasteiger partial charge in [-0.15, -0.1) is 0 Å². The monoisotopic (exact) mass is 430 g/mol. The molecular weight excluding hydrogens is 404 g/mol. The molecule has 0 atom stereocenters. The number of aromatic nitrogens is 3. The number of benzene rings is 1. The molecule has 9 nitrogen and oxygen atoms in total. The predicted octanol–water partition coefficient (Wildman–Crippen LogP) is 3.78. The Morgan fingerprint density at radius 3 is 2.20 bits per heavy atom. The van der Waals surface area contributed by atoms with Crippen LogP contribution < -0.4 is 14.9 Å². The third kappa shape index (κ3) is 4.70. The number of aryl methyl sites for hydroxylation is 3. The van der Waals surface area contributed by atoms with Gasteiger partial charge in [0.15, 0.2) is 10.7 Å². The summed E-state index contributed by atoms with van der Waals surface area (Å²) in [4.78, 5) is 11.2. The molecule has 10 heteroatoms. The van der Waals surface area contributed by atoms with Crippen molar-refractivity contribution in [2.24, 2.45) is 0 Å². The zero-order chi connectivity index (χ0) is 21.9. The molecule has 0 saturated heterocycles. The van der Waals surface area contributed by atoms with E-state index in [-0.39, 0.29) is 10.7 Å². The fourth-order valence-electron chi connectivity index (χ4n) is 3.13. The first-order valence-corrected chi connectivity index (χ1v) is 11.1. The molecule has 2 N–H and O–H groups in total. The van der Waals surface area contributed by atoms with Crippen molar-refractivity contribution in [3.8, 4) is 0 Å². The van der Waals surface area contributed by atoms with Gasteiger partial charge in [-0.2, -0.15) is 4.98 Å². The van der Waals surface area contributed by atoms with E-state index in [0.717, 1.165) is 30.3 Å². The molecule has 3 rings (SSSR count). The average Bonchev–Trinajstić information content (AvgIpc) is 3.03. The van der Waals surface area contributed by atoms with Crippen molar-refractivity contribution in [3.63, 3.8) is 0 Å². The Hall–Kier alpha value is -3.14. The Labute approximate surface area is 176 Å². The van der Waals surface area contributed by atoms with Crippen LogP contribution in [-0.4, -0.2) is 36.6 Å². The van der Waals surface area contributed by atoms with E-state index in [2.05, 4.69) is 43.9 Å². The van der Waals surface area contributed by atoms with Gasteiger partial charge in [-0.1, -0.05) is 5.16 Å². The summed E-state index contributed by atoms with van der Waals surface area (Å²) in [6.07, 6.45) is 0. The van der Waals surface area contributed by atoms with E-state index in [9.17, 15) is 8.42 Å². The van der Waals surface area contributed by atoms with Gasteiger partial charge >= 0.3 is 0 Å². The van der Waals surface area contributed by atoms with Gasteiger partial charge in [0.05, 0.1) is 0 Å². The number of nitrogens with zero attached hydrogens (tertiary/aromatic N) is 4. The van der Waals surface area contributed by atoms with Crippen molar-refractivity contribution in [2.45, 2.75) is 39.5 Å². The quantitative estimate of drug-likeness (QED) is 0.555. The molecule has 2 heterocycles. The van der Waals surface area contributed by atoms with Crippen molar-refractivity contribution < 1.29 is 12.9 Å². The van der Waals surface area contributed by atoms with E-state index in [0.29, 0.717) is 17.3 Å². The van der Waals surface area contributed by atoms with Gasteiger partial charge in [-0.3, -0.25) is 4.72 Å². The molecule has 160 valence electrons. The lowest BCUT2D eigenvalue weighted by Gasteiger charge is -2.20. The number of hydrogen-bond donors (Lipinski definition) is 2. The Morgan fingerprint density at radius 1 is 1.00 bits per heavy atom. The van der Waals surface area contributed by atoms with Crippen LogP contribution in [0.2, 0.25) is 0 Å². The van der Waals surface area contributed by atoms with E-state index in [1.807, 2.05) is 13.0 Å². The minimum atomic E-state index is -3.79. The molecule has 0 bridgehead atoms. The lowest BCUT2D eigenvalue weighted by Crippen LogP contribution is -2.23. The van der Waals surface area contributed by atoms with Crippen molar-refractivity contribution in [1.82, 2.24) is 15.1 Å². The van der Waals surface area contributed by atoms with Crippen LogP contribution in [0, 0.1) is 20.8 Å². The molecule has 0 radical (unpaired) electrons. The van der Waals surface area contributed by atoms with Gasteiger partial charge in [0, 0.05) is 36.2 Å². The summed E-state index contributed by atoms with van der Waals surface area (Å²) in [5.74, 6) is 1.60. The molecule has 0 aliphatic rings. The standard InChI is InChI=1S/C20H26N6O3S/c1-6-26(7-2)18-12-13(3)21-20(23-18)22-16-8-10-17(11-9-16)25-30(27,28)19-14(4)24-29-15(19)5/h8-12,25H,6-7H2,1-5H3,(H,21,22,23). The summed E-state index contributed by atoms with van der Waals surface area (Å²) < 4.78 is 32.8. The number of nitrogens with one attached hydrogen (secondary N) is 2. The van der Waals surface area contributed by atoms with Gasteiger partial charge < -0.3 is 14.7 Å². The lowest BCUT2D eigenvalue weighted by molar-refractivity contribution is 0.390. The molecule has 2 aromatic heterocycles. The van der Waals surface area contributed by atoms with Crippen molar-refractivity contribution in [2.75, 3.05) is 28.0 Å². The Balaban J connectivity index is 1.77. The molecule has 0 aliphatic heterocycles. The van der Waals surface area contributed by atoms with E-state index < -0.39 is 10.0 Å². The minimum Gasteiger partial charge on any atom is -0.360 e. The summed E-state index contributed by atoms with van der Waals surface area (Å²) in [5.41, 5.74) is 2.35. The van der Waals surface area contributed by atoms with Crippen molar-refractivity contribution in [3.05, 3.63) is 47.5 Å². The van der Waals surface area contributed by atoms with Crippen LogP contribution >= 0.6 is 0 Å². The lowest BCUT2D eigenvalue weighted by atomic mass is 10.3. The normalized spacial score (nSPS) is 11.4. The fourth-order valence-corrected chi connectivity index (χ4v) is 4.52. The molecule has 0 fully saturated rings. The number of rotatable bonds is 8. The van der Waals surface area contributed by atoms with Crippen LogP contribution in [0.25, 0.3) is 0 Å². The predicted molar refractivity (Wildman–Crippen MR) is 117 cm³/mol. The maximum atomic E-state index is 12.6. The molecule has 0 saturated carbocycles. The summed E-state index contributed by atoms with van der Waals surface area (Å²) >= 11 is 0. The second-order valence-electron chi connectivity index (χ2n) is 6.82. The van der Waals surface area contributed by atoms with Crippen LogP contribution in [0.1, 0.15) is 31.0 Å². The first-order chi connectivity index (χ1) is 14.2.